The molecule has 0 saturated heterocycles. The van der Waals surface area contributed by atoms with Crippen molar-refractivity contribution in [1.29, 1.82) is 0 Å². The van der Waals surface area contributed by atoms with E-state index < -0.39 is 0 Å². The van der Waals surface area contributed by atoms with Crippen molar-refractivity contribution in [3.8, 4) is 17.2 Å². The zero-order valence-corrected chi connectivity index (χ0v) is 12.1. The van der Waals surface area contributed by atoms with Gasteiger partial charge in [0.2, 0.25) is 0 Å². The Kier molecular flexibility index (Phi) is 4.88. The molecule has 0 aliphatic heterocycles. The van der Waals surface area contributed by atoms with Gasteiger partial charge >= 0.3 is 0 Å². The lowest BCUT2D eigenvalue weighted by molar-refractivity contribution is 0.391. The standard InChI is InChI=1S/C17H19O3/c1-18-15-9-5-13(6-10-15)4-7-14-8-11-16(19-2)12-17(14)20-3/h4-6,8-12H,7H2,1-3H3. The molecule has 105 valence electrons. The monoisotopic (exact) mass is 271 g/mol. The molecule has 0 fully saturated rings. The number of rotatable bonds is 6. The highest BCUT2D eigenvalue weighted by molar-refractivity contribution is 5.43. The fourth-order valence-corrected chi connectivity index (χ4v) is 1.99. The maximum Gasteiger partial charge on any atom is 0.125 e. The first kappa shape index (κ1) is 14.3. The lowest BCUT2D eigenvalue weighted by atomic mass is 10.0. The van der Waals surface area contributed by atoms with Crippen molar-refractivity contribution in [3.05, 3.63) is 60.0 Å². The van der Waals surface area contributed by atoms with Gasteiger partial charge in [-0.2, -0.15) is 0 Å². The van der Waals surface area contributed by atoms with E-state index in [-0.39, 0.29) is 0 Å². The normalized spacial score (nSPS) is 10.2. The molecule has 20 heavy (non-hydrogen) atoms. The van der Waals surface area contributed by atoms with E-state index in [0.717, 1.165) is 34.8 Å². The minimum Gasteiger partial charge on any atom is -0.497 e. The second kappa shape index (κ2) is 6.85. The van der Waals surface area contributed by atoms with Gasteiger partial charge in [-0.25, -0.2) is 0 Å². The fourth-order valence-electron chi connectivity index (χ4n) is 1.99. The lowest BCUT2D eigenvalue weighted by Crippen LogP contribution is -1.95. The summed E-state index contributed by atoms with van der Waals surface area (Å²) in [7, 11) is 4.99. The predicted octanol–water partition coefficient (Wildman–Crippen LogP) is 3.51. The van der Waals surface area contributed by atoms with Crippen LogP contribution >= 0.6 is 0 Å². The van der Waals surface area contributed by atoms with Crippen molar-refractivity contribution in [2.24, 2.45) is 0 Å². The third-order valence-corrected chi connectivity index (χ3v) is 3.17. The molecule has 0 aliphatic carbocycles. The highest BCUT2D eigenvalue weighted by Gasteiger charge is 2.05. The molecule has 0 aromatic heterocycles. The van der Waals surface area contributed by atoms with E-state index in [1.54, 1.807) is 21.3 Å². The van der Waals surface area contributed by atoms with Crippen LogP contribution < -0.4 is 14.2 Å². The Labute approximate surface area is 120 Å². The molecule has 2 aromatic rings. The van der Waals surface area contributed by atoms with Crippen molar-refractivity contribution in [2.75, 3.05) is 21.3 Å². The van der Waals surface area contributed by atoms with Crippen LogP contribution in [0.4, 0.5) is 0 Å². The maximum absolute atomic E-state index is 5.39. The minimum atomic E-state index is 0.801. The Hall–Kier alpha value is -2.16. The Morgan fingerprint density at radius 3 is 2.05 bits per heavy atom. The number of ether oxygens (including phenoxy) is 3. The molecule has 0 amide bonds. The SMILES string of the molecule is COc1ccc([CH]Cc2ccc(OC)cc2OC)cc1. The van der Waals surface area contributed by atoms with Crippen LogP contribution in [0.1, 0.15) is 11.1 Å². The van der Waals surface area contributed by atoms with Gasteiger partial charge in [-0.1, -0.05) is 18.2 Å². The van der Waals surface area contributed by atoms with Crippen LogP contribution in [0.25, 0.3) is 0 Å². The maximum atomic E-state index is 5.39. The lowest BCUT2D eigenvalue weighted by Gasteiger charge is -2.10. The number of methoxy groups -OCH3 is 3. The molecular weight excluding hydrogens is 252 g/mol. The molecular formula is C17H19O3. The summed E-state index contributed by atoms with van der Waals surface area (Å²) in [5.74, 6) is 2.51. The van der Waals surface area contributed by atoms with Gasteiger partial charge in [0, 0.05) is 6.07 Å². The predicted molar refractivity (Wildman–Crippen MR) is 79.6 cm³/mol. The molecule has 2 rings (SSSR count). The van der Waals surface area contributed by atoms with E-state index in [9.17, 15) is 0 Å². The van der Waals surface area contributed by atoms with Crippen LogP contribution in [0.2, 0.25) is 0 Å². The highest BCUT2D eigenvalue weighted by Crippen LogP contribution is 2.26. The summed E-state index contributed by atoms with van der Waals surface area (Å²) in [5, 5.41) is 0. The van der Waals surface area contributed by atoms with Gasteiger partial charge in [-0.05, 0) is 42.2 Å². The second-order valence-electron chi connectivity index (χ2n) is 4.36. The summed E-state index contributed by atoms with van der Waals surface area (Å²) < 4.78 is 15.7. The summed E-state index contributed by atoms with van der Waals surface area (Å²) in [6, 6.07) is 13.9. The molecule has 0 saturated carbocycles. The summed E-state index contributed by atoms with van der Waals surface area (Å²) >= 11 is 0. The average molecular weight is 271 g/mol. The van der Waals surface area contributed by atoms with Crippen LogP contribution in [0.3, 0.4) is 0 Å². The van der Waals surface area contributed by atoms with Crippen LogP contribution in [0.15, 0.2) is 42.5 Å². The number of hydrogen-bond donors (Lipinski definition) is 0. The summed E-state index contributed by atoms with van der Waals surface area (Å²) in [4.78, 5) is 0. The molecule has 0 spiro atoms. The molecule has 0 aliphatic rings. The molecule has 2 aromatic carbocycles. The third kappa shape index (κ3) is 3.44. The van der Waals surface area contributed by atoms with Crippen LogP contribution in [-0.4, -0.2) is 21.3 Å². The molecule has 1 radical (unpaired) electrons. The van der Waals surface area contributed by atoms with Gasteiger partial charge in [-0.15, -0.1) is 0 Å². The zero-order valence-electron chi connectivity index (χ0n) is 12.1. The van der Waals surface area contributed by atoms with Crippen molar-refractivity contribution in [2.45, 2.75) is 6.42 Å². The van der Waals surface area contributed by atoms with E-state index in [1.807, 2.05) is 42.5 Å². The van der Waals surface area contributed by atoms with Crippen molar-refractivity contribution in [1.82, 2.24) is 0 Å². The zero-order chi connectivity index (χ0) is 14.4. The molecule has 0 bridgehead atoms. The molecule has 0 heterocycles. The summed E-state index contributed by atoms with van der Waals surface area (Å²) in [5.41, 5.74) is 2.28. The molecule has 0 N–H and O–H groups in total. The van der Waals surface area contributed by atoms with E-state index in [4.69, 9.17) is 14.2 Å². The average Bonchev–Trinajstić information content (AvgIpc) is 2.53. The van der Waals surface area contributed by atoms with Crippen molar-refractivity contribution >= 4 is 0 Å². The molecule has 3 nitrogen and oxygen atoms in total. The van der Waals surface area contributed by atoms with E-state index >= 15 is 0 Å². The first-order valence-electron chi connectivity index (χ1n) is 6.45. The largest absolute Gasteiger partial charge is 0.497 e. The van der Waals surface area contributed by atoms with E-state index in [1.165, 1.54) is 0 Å². The highest BCUT2D eigenvalue weighted by atomic mass is 16.5. The van der Waals surface area contributed by atoms with Gasteiger partial charge < -0.3 is 14.2 Å². The number of benzene rings is 2. The van der Waals surface area contributed by atoms with Gasteiger partial charge in [0.05, 0.1) is 21.3 Å². The molecule has 3 heteroatoms. The van der Waals surface area contributed by atoms with Gasteiger partial charge in [0.25, 0.3) is 0 Å². The van der Waals surface area contributed by atoms with Crippen molar-refractivity contribution < 1.29 is 14.2 Å². The van der Waals surface area contributed by atoms with E-state index in [2.05, 4.69) is 6.42 Å². The molecule has 0 atom stereocenters. The summed E-state index contributed by atoms with van der Waals surface area (Å²) in [6.45, 7) is 0. The first-order valence-corrected chi connectivity index (χ1v) is 6.45. The van der Waals surface area contributed by atoms with Crippen LogP contribution in [0, 0.1) is 6.42 Å². The second-order valence-corrected chi connectivity index (χ2v) is 4.36. The minimum absolute atomic E-state index is 0.801. The number of hydrogen-bond acceptors (Lipinski definition) is 3. The van der Waals surface area contributed by atoms with Gasteiger partial charge in [0.1, 0.15) is 17.2 Å². The Morgan fingerprint density at radius 2 is 1.45 bits per heavy atom. The van der Waals surface area contributed by atoms with E-state index in [0.29, 0.717) is 0 Å². The van der Waals surface area contributed by atoms with Crippen LogP contribution in [0.5, 0.6) is 17.2 Å². The van der Waals surface area contributed by atoms with Gasteiger partial charge in [-0.3, -0.25) is 0 Å². The summed E-state index contributed by atoms with van der Waals surface area (Å²) in [6.07, 6.45) is 2.96. The van der Waals surface area contributed by atoms with Crippen LogP contribution in [-0.2, 0) is 6.42 Å². The third-order valence-electron chi connectivity index (χ3n) is 3.17. The smallest absolute Gasteiger partial charge is 0.125 e. The quantitative estimate of drug-likeness (QED) is 0.804. The van der Waals surface area contributed by atoms with Gasteiger partial charge in [0.15, 0.2) is 0 Å². The Balaban J connectivity index is 2.05. The Morgan fingerprint density at radius 1 is 0.800 bits per heavy atom. The Bertz CT molecular complexity index is 547. The molecule has 0 unspecified atom stereocenters. The topological polar surface area (TPSA) is 27.7 Å². The first-order chi connectivity index (χ1) is 9.76. The van der Waals surface area contributed by atoms with Crippen molar-refractivity contribution in [3.63, 3.8) is 0 Å². The fraction of sp³-hybridized carbons (Fsp3) is 0.235.